The number of fused-ring (bicyclic) bond motifs is 1. The lowest BCUT2D eigenvalue weighted by Gasteiger charge is -2.26. The van der Waals surface area contributed by atoms with Crippen LogP contribution in [0.5, 0.6) is 0 Å². The van der Waals surface area contributed by atoms with Gasteiger partial charge >= 0.3 is 0 Å². The maximum Gasteiger partial charge on any atom is 0.281 e. The second-order valence-electron chi connectivity index (χ2n) is 6.16. The molecule has 0 radical (unpaired) electrons. The molecule has 25 heavy (non-hydrogen) atoms. The van der Waals surface area contributed by atoms with Crippen molar-refractivity contribution in [3.63, 3.8) is 0 Å². The van der Waals surface area contributed by atoms with Gasteiger partial charge in [-0.2, -0.15) is 5.10 Å². The molecule has 2 aromatic heterocycles. The number of rotatable bonds is 5. The van der Waals surface area contributed by atoms with Crippen LogP contribution in [0, 0.1) is 6.92 Å². The van der Waals surface area contributed by atoms with Gasteiger partial charge in [0.2, 0.25) is 0 Å². The number of ether oxygens (including phenoxy) is 1. The lowest BCUT2D eigenvalue weighted by atomic mass is 10.0. The third kappa shape index (κ3) is 3.32. The fourth-order valence-corrected chi connectivity index (χ4v) is 3.13. The fourth-order valence-electron chi connectivity index (χ4n) is 3.13. The summed E-state index contributed by atoms with van der Waals surface area (Å²) in [4.78, 5) is 22.6. The molecular formula is C17H25N5O3. The molecule has 8 nitrogen and oxygen atoms in total. The summed E-state index contributed by atoms with van der Waals surface area (Å²) < 4.78 is 7.28. The van der Waals surface area contributed by atoms with Crippen LogP contribution >= 0.6 is 0 Å². The molecule has 8 heteroatoms. The van der Waals surface area contributed by atoms with Crippen LogP contribution in [0.4, 0.5) is 5.69 Å². The molecule has 3 heterocycles. The number of anilines is 1. The monoisotopic (exact) mass is 347 g/mol. The van der Waals surface area contributed by atoms with Crippen LogP contribution in [-0.4, -0.2) is 59.1 Å². The maximum absolute atomic E-state index is 12.8. The fraction of sp³-hybridized carbons (Fsp3) is 0.588. The van der Waals surface area contributed by atoms with E-state index in [0.29, 0.717) is 11.3 Å². The number of hydrogen-bond donors (Lipinski definition) is 1. The number of hydroxylamine groups is 2. The highest BCUT2D eigenvalue weighted by Crippen LogP contribution is 2.31. The Morgan fingerprint density at radius 2 is 2.20 bits per heavy atom. The van der Waals surface area contributed by atoms with Crippen molar-refractivity contribution in [1.82, 2.24) is 19.8 Å². The molecule has 3 rings (SSSR count). The smallest absolute Gasteiger partial charge is 0.281 e. The van der Waals surface area contributed by atoms with E-state index in [-0.39, 0.29) is 11.9 Å². The largest absolute Gasteiger partial charge is 0.381 e. The third-order valence-corrected chi connectivity index (χ3v) is 4.61. The summed E-state index contributed by atoms with van der Waals surface area (Å²) in [6.45, 7) is 6.03. The summed E-state index contributed by atoms with van der Waals surface area (Å²) in [7, 11) is 3.07. The minimum absolute atomic E-state index is 0.229. The van der Waals surface area contributed by atoms with Crippen molar-refractivity contribution in [2.45, 2.75) is 39.3 Å². The highest BCUT2D eigenvalue weighted by molar-refractivity contribution is 6.07. The molecule has 2 aromatic rings. The molecule has 0 saturated carbocycles. The maximum atomic E-state index is 12.8. The highest BCUT2D eigenvalue weighted by Gasteiger charge is 2.26. The molecule has 0 aliphatic carbocycles. The zero-order valence-electron chi connectivity index (χ0n) is 15.2. The van der Waals surface area contributed by atoms with Crippen LogP contribution in [-0.2, 0) is 16.1 Å². The zero-order chi connectivity index (χ0) is 18.0. The number of carbonyl (C=O) groups is 1. The van der Waals surface area contributed by atoms with Crippen LogP contribution in [0.3, 0.4) is 0 Å². The molecule has 0 atom stereocenters. The highest BCUT2D eigenvalue weighted by atomic mass is 16.7. The first kappa shape index (κ1) is 17.6. The Kier molecular flexibility index (Phi) is 5.19. The van der Waals surface area contributed by atoms with Gasteiger partial charge in [0.15, 0.2) is 5.65 Å². The van der Waals surface area contributed by atoms with Crippen LogP contribution in [0.2, 0.25) is 0 Å². The first-order valence-corrected chi connectivity index (χ1v) is 8.59. The normalized spacial score (nSPS) is 15.5. The first-order valence-electron chi connectivity index (χ1n) is 8.59. The van der Waals surface area contributed by atoms with E-state index in [0.717, 1.165) is 49.3 Å². The number of aromatic nitrogens is 3. The summed E-state index contributed by atoms with van der Waals surface area (Å²) in [5.41, 5.74) is 2.75. The molecule has 1 N–H and O–H groups in total. The average Bonchev–Trinajstić information content (AvgIpc) is 3.04. The minimum Gasteiger partial charge on any atom is -0.381 e. The Balaban J connectivity index is 2.13. The van der Waals surface area contributed by atoms with Gasteiger partial charge in [-0.05, 0) is 26.7 Å². The number of carbonyl (C=O) groups excluding carboxylic acids is 1. The lowest BCUT2D eigenvalue weighted by Crippen LogP contribution is -2.31. The van der Waals surface area contributed by atoms with Gasteiger partial charge < -0.3 is 10.1 Å². The molecule has 1 saturated heterocycles. The van der Waals surface area contributed by atoms with Crippen LogP contribution in [0.1, 0.15) is 35.8 Å². The zero-order valence-corrected chi connectivity index (χ0v) is 15.2. The summed E-state index contributed by atoms with van der Waals surface area (Å²) in [6.07, 6.45) is 3.58. The van der Waals surface area contributed by atoms with E-state index in [9.17, 15) is 4.79 Å². The van der Waals surface area contributed by atoms with Gasteiger partial charge in [0.05, 0.1) is 35.6 Å². The van der Waals surface area contributed by atoms with E-state index in [1.54, 1.807) is 13.2 Å². The van der Waals surface area contributed by atoms with E-state index in [1.807, 2.05) is 18.5 Å². The minimum atomic E-state index is -0.229. The molecule has 1 aliphatic heterocycles. The predicted molar refractivity (Wildman–Crippen MR) is 94.5 cm³/mol. The Bertz CT molecular complexity index is 767. The van der Waals surface area contributed by atoms with Crippen molar-refractivity contribution >= 4 is 22.6 Å². The molecule has 0 aromatic carbocycles. The number of aryl methyl sites for hydroxylation is 2. The van der Waals surface area contributed by atoms with Gasteiger partial charge in [-0.15, -0.1) is 0 Å². The standard InChI is InChI=1S/C17H25N5O3/c1-5-22-16-13(10-18-22)15(20-12-6-8-25-9-7-12)14(11(2)19-16)17(23)21(3)24-4/h10,12H,5-9H2,1-4H3,(H,19,20). The van der Waals surface area contributed by atoms with Crippen molar-refractivity contribution in [1.29, 1.82) is 0 Å². The Morgan fingerprint density at radius 3 is 2.84 bits per heavy atom. The summed E-state index contributed by atoms with van der Waals surface area (Å²) in [5, 5.41) is 10.0. The Labute approximate surface area is 147 Å². The van der Waals surface area contributed by atoms with Crippen molar-refractivity contribution in [2.75, 3.05) is 32.7 Å². The summed E-state index contributed by atoms with van der Waals surface area (Å²) in [5.74, 6) is -0.229. The molecule has 0 bridgehead atoms. The Hall–Kier alpha value is -2.19. The first-order chi connectivity index (χ1) is 12.1. The average molecular weight is 347 g/mol. The van der Waals surface area contributed by atoms with Gasteiger partial charge in [-0.25, -0.2) is 14.7 Å². The number of nitrogens with one attached hydrogen (secondary N) is 1. The molecule has 1 fully saturated rings. The second kappa shape index (κ2) is 7.37. The van der Waals surface area contributed by atoms with Crippen LogP contribution in [0.15, 0.2) is 6.20 Å². The van der Waals surface area contributed by atoms with Crippen molar-refractivity contribution in [3.05, 3.63) is 17.5 Å². The van der Waals surface area contributed by atoms with Gasteiger partial charge in [-0.1, -0.05) is 0 Å². The molecule has 1 amide bonds. The third-order valence-electron chi connectivity index (χ3n) is 4.61. The number of hydrogen-bond acceptors (Lipinski definition) is 6. The number of nitrogens with zero attached hydrogens (tertiary/aromatic N) is 4. The van der Waals surface area contributed by atoms with Gasteiger partial charge in [0, 0.05) is 32.8 Å². The number of pyridine rings is 1. The summed E-state index contributed by atoms with van der Waals surface area (Å²) in [6, 6.07) is 0.253. The molecule has 136 valence electrons. The molecule has 0 unspecified atom stereocenters. The molecular weight excluding hydrogens is 322 g/mol. The molecule has 0 spiro atoms. The molecule has 1 aliphatic rings. The SMILES string of the molecule is CCn1ncc2c(NC3CCOCC3)c(C(=O)N(C)OC)c(C)nc21. The second-order valence-corrected chi connectivity index (χ2v) is 6.16. The van der Waals surface area contributed by atoms with E-state index in [2.05, 4.69) is 15.4 Å². The van der Waals surface area contributed by atoms with Crippen molar-refractivity contribution in [2.24, 2.45) is 0 Å². The van der Waals surface area contributed by atoms with Crippen LogP contribution in [0.25, 0.3) is 11.0 Å². The predicted octanol–water partition coefficient (Wildman–Crippen LogP) is 1.98. The van der Waals surface area contributed by atoms with E-state index < -0.39 is 0 Å². The lowest BCUT2D eigenvalue weighted by molar-refractivity contribution is -0.0757. The Morgan fingerprint density at radius 1 is 1.48 bits per heavy atom. The van der Waals surface area contributed by atoms with Gasteiger partial charge in [0.25, 0.3) is 5.91 Å². The van der Waals surface area contributed by atoms with Gasteiger partial charge in [0.1, 0.15) is 0 Å². The van der Waals surface area contributed by atoms with E-state index in [4.69, 9.17) is 9.57 Å². The quantitative estimate of drug-likeness (QED) is 0.833. The van der Waals surface area contributed by atoms with E-state index >= 15 is 0 Å². The van der Waals surface area contributed by atoms with Crippen molar-refractivity contribution < 1.29 is 14.4 Å². The van der Waals surface area contributed by atoms with E-state index in [1.165, 1.54) is 12.2 Å². The van der Waals surface area contributed by atoms with Crippen molar-refractivity contribution in [3.8, 4) is 0 Å². The topological polar surface area (TPSA) is 81.5 Å². The van der Waals surface area contributed by atoms with Crippen LogP contribution < -0.4 is 5.32 Å². The summed E-state index contributed by atoms with van der Waals surface area (Å²) >= 11 is 0. The van der Waals surface area contributed by atoms with Gasteiger partial charge in [-0.3, -0.25) is 9.63 Å². The number of amides is 1.